The number of aryl methyl sites for hydroxylation is 1. The molecule has 0 bridgehead atoms. The van der Waals surface area contributed by atoms with E-state index in [9.17, 15) is 9.90 Å². The van der Waals surface area contributed by atoms with Gasteiger partial charge in [-0.1, -0.05) is 54.1 Å². The smallest absolute Gasteiger partial charge is 0.345 e. The normalized spacial score (nSPS) is 12.1. The first-order valence-corrected chi connectivity index (χ1v) is 8.04. The summed E-state index contributed by atoms with van der Waals surface area (Å²) in [7, 11) is 0. The quantitative estimate of drug-likeness (QED) is 0.720. The molecule has 0 saturated carbocycles. The molecule has 122 valence electrons. The molecule has 3 aromatic rings. The van der Waals surface area contributed by atoms with Gasteiger partial charge in [-0.15, -0.1) is 0 Å². The number of carboxylic acids is 1. The Morgan fingerprint density at radius 2 is 1.88 bits per heavy atom. The van der Waals surface area contributed by atoms with E-state index in [0.29, 0.717) is 10.8 Å². The van der Waals surface area contributed by atoms with Gasteiger partial charge in [0.2, 0.25) is 0 Å². The van der Waals surface area contributed by atoms with Crippen LogP contribution in [0, 0.1) is 6.92 Å². The Morgan fingerprint density at radius 3 is 2.67 bits per heavy atom. The van der Waals surface area contributed by atoms with Gasteiger partial charge in [-0.3, -0.25) is 0 Å². The van der Waals surface area contributed by atoms with Gasteiger partial charge in [-0.25, -0.2) is 4.79 Å². The fourth-order valence-electron chi connectivity index (χ4n) is 2.69. The van der Waals surface area contributed by atoms with E-state index >= 15 is 0 Å². The summed E-state index contributed by atoms with van der Waals surface area (Å²) >= 11 is 6.03. The minimum atomic E-state index is -0.998. The average molecular weight is 341 g/mol. The molecule has 1 unspecified atom stereocenters. The van der Waals surface area contributed by atoms with E-state index in [1.165, 1.54) is 0 Å². The number of hydrogen-bond donors (Lipinski definition) is 1. The second kappa shape index (κ2) is 6.93. The molecule has 3 nitrogen and oxygen atoms in total. The summed E-state index contributed by atoms with van der Waals surface area (Å²) in [6, 6.07) is 18.8. The zero-order chi connectivity index (χ0) is 17.1. The lowest BCUT2D eigenvalue weighted by atomic mass is 10.0. The highest BCUT2D eigenvalue weighted by Gasteiger charge is 2.22. The fraction of sp³-hybridized carbons (Fsp3) is 0.150. The van der Waals surface area contributed by atoms with Gasteiger partial charge in [0.05, 0.1) is 0 Å². The van der Waals surface area contributed by atoms with Crippen molar-refractivity contribution in [3.63, 3.8) is 0 Å². The van der Waals surface area contributed by atoms with Crippen molar-refractivity contribution < 1.29 is 14.6 Å². The number of ether oxygens (including phenoxy) is 1. The van der Waals surface area contributed by atoms with Gasteiger partial charge in [0.1, 0.15) is 5.75 Å². The highest BCUT2D eigenvalue weighted by atomic mass is 35.5. The van der Waals surface area contributed by atoms with Gasteiger partial charge in [-0.05, 0) is 41.6 Å². The number of carbonyl (C=O) groups is 1. The second-order valence-electron chi connectivity index (χ2n) is 5.70. The lowest BCUT2D eigenvalue weighted by Crippen LogP contribution is -2.29. The molecule has 0 radical (unpaired) electrons. The predicted molar refractivity (Wildman–Crippen MR) is 95.9 cm³/mol. The number of benzene rings is 3. The monoisotopic (exact) mass is 340 g/mol. The number of hydrogen-bond acceptors (Lipinski definition) is 2. The highest BCUT2D eigenvalue weighted by molar-refractivity contribution is 6.30. The van der Waals surface area contributed by atoms with E-state index < -0.39 is 12.1 Å². The van der Waals surface area contributed by atoms with Crippen molar-refractivity contribution in [2.45, 2.75) is 19.4 Å². The molecule has 1 N–H and O–H groups in total. The van der Waals surface area contributed by atoms with Crippen molar-refractivity contribution in [3.8, 4) is 5.75 Å². The maximum Gasteiger partial charge on any atom is 0.345 e. The maximum atomic E-state index is 11.7. The molecule has 0 aromatic heterocycles. The van der Waals surface area contributed by atoms with E-state index in [-0.39, 0.29) is 6.42 Å². The molecular formula is C20H17ClO3. The minimum Gasteiger partial charge on any atom is -0.478 e. The van der Waals surface area contributed by atoms with Crippen molar-refractivity contribution >= 4 is 28.3 Å². The Morgan fingerprint density at radius 1 is 1.12 bits per heavy atom. The number of rotatable bonds is 5. The second-order valence-corrected chi connectivity index (χ2v) is 6.13. The van der Waals surface area contributed by atoms with Crippen molar-refractivity contribution in [1.29, 1.82) is 0 Å². The van der Waals surface area contributed by atoms with Crippen LogP contribution in [0.5, 0.6) is 5.75 Å². The van der Waals surface area contributed by atoms with Gasteiger partial charge in [0, 0.05) is 16.8 Å². The summed E-state index contributed by atoms with van der Waals surface area (Å²) in [6.45, 7) is 1.93. The average Bonchev–Trinajstić information content (AvgIpc) is 2.57. The molecule has 3 aromatic carbocycles. The first-order valence-electron chi connectivity index (χ1n) is 7.67. The molecule has 0 saturated heterocycles. The molecular weight excluding hydrogens is 324 g/mol. The topological polar surface area (TPSA) is 46.5 Å². The summed E-state index contributed by atoms with van der Waals surface area (Å²) in [6.07, 6.45) is -0.724. The molecule has 4 heteroatoms. The van der Waals surface area contributed by atoms with Crippen molar-refractivity contribution in [2.24, 2.45) is 0 Å². The molecule has 1 atom stereocenters. The van der Waals surface area contributed by atoms with Crippen molar-refractivity contribution in [3.05, 3.63) is 76.8 Å². The van der Waals surface area contributed by atoms with Crippen LogP contribution in [0.4, 0.5) is 0 Å². The summed E-state index contributed by atoms with van der Waals surface area (Å²) in [5, 5.41) is 12.1. The minimum absolute atomic E-state index is 0.255. The number of halogens is 1. The van der Waals surface area contributed by atoms with Gasteiger partial charge in [0.15, 0.2) is 6.10 Å². The van der Waals surface area contributed by atoms with Crippen LogP contribution in [-0.4, -0.2) is 17.2 Å². The Bertz CT molecular complexity index is 884. The Labute approximate surface area is 145 Å². The molecule has 0 aliphatic carbocycles. The number of fused-ring (bicyclic) bond motifs is 1. The summed E-state index contributed by atoms with van der Waals surface area (Å²) in [5.74, 6) is -0.428. The van der Waals surface area contributed by atoms with Crippen LogP contribution in [0.25, 0.3) is 10.8 Å². The molecule has 3 rings (SSSR count). The summed E-state index contributed by atoms with van der Waals surface area (Å²) in [5.41, 5.74) is 1.86. The SMILES string of the molecule is Cc1ccc(Cl)cc1CC(Oc1cccc2ccccc12)C(=O)O. The zero-order valence-corrected chi connectivity index (χ0v) is 14.0. The van der Waals surface area contributed by atoms with Crippen LogP contribution in [0.15, 0.2) is 60.7 Å². The zero-order valence-electron chi connectivity index (χ0n) is 13.2. The summed E-state index contributed by atoms with van der Waals surface area (Å²) in [4.78, 5) is 11.7. The third-order valence-corrected chi connectivity index (χ3v) is 4.25. The molecule has 0 aliphatic heterocycles. The van der Waals surface area contributed by atoms with Gasteiger partial charge in [0.25, 0.3) is 0 Å². The van der Waals surface area contributed by atoms with E-state index in [2.05, 4.69) is 0 Å². The van der Waals surface area contributed by atoms with Crippen LogP contribution < -0.4 is 4.74 Å². The molecule has 0 spiro atoms. The lowest BCUT2D eigenvalue weighted by molar-refractivity contribution is -0.144. The fourth-order valence-corrected chi connectivity index (χ4v) is 2.89. The Hall–Kier alpha value is -2.52. The molecule has 24 heavy (non-hydrogen) atoms. The molecule has 0 heterocycles. The van der Waals surface area contributed by atoms with Crippen molar-refractivity contribution in [1.82, 2.24) is 0 Å². The van der Waals surface area contributed by atoms with Gasteiger partial charge >= 0.3 is 5.97 Å². The van der Waals surface area contributed by atoms with E-state index in [1.807, 2.05) is 49.4 Å². The van der Waals surface area contributed by atoms with E-state index in [0.717, 1.165) is 21.9 Å². The first-order chi connectivity index (χ1) is 11.5. The third kappa shape index (κ3) is 3.52. The van der Waals surface area contributed by atoms with Crippen LogP contribution in [0.3, 0.4) is 0 Å². The van der Waals surface area contributed by atoms with Gasteiger partial charge < -0.3 is 9.84 Å². The standard InChI is InChI=1S/C20H17ClO3/c1-13-9-10-16(21)11-15(13)12-19(20(22)23)24-18-8-4-6-14-5-2-3-7-17(14)18/h2-11,19H,12H2,1H3,(H,22,23). The number of carboxylic acid groups (broad SMARTS) is 1. The first kappa shape index (κ1) is 16.3. The van der Waals surface area contributed by atoms with Crippen LogP contribution in [-0.2, 0) is 11.2 Å². The van der Waals surface area contributed by atoms with Gasteiger partial charge in [-0.2, -0.15) is 0 Å². The van der Waals surface area contributed by atoms with E-state index in [1.54, 1.807) is 18.2 Å². The highest BCUT2D eigenvalue weighted by Crippen LogP contribution is 2.27. The van der Waals surface area contributed by atoms with E-state index in [4.69, 9.17) is 16.3 Å². The Balaban J connectivity index is 1.91. The van der Waals surface area contributed by atoms with Crippen LogP contribution in [0.1, 0.15) is 11.1 Å². The van der Waals surface area contributed by atoms with Crippen LogP contribution in [0.2, 0.25) is 5.02 Å². The lowest BCUT2D eigenvalue weighted by Gasteiger charge is -2.18. The van der Waals surface area contributed by atoms with Crippen molar-refractivity contribution in [2.75, 3.05) is 0 Å². The molecule has 0 amide bonds. The molecule has 0 aliphatic rings. The number of aliphatic carboxylic acids is 1. The Kier molecular flexibility index (Phi) is 4.72. The third-order valence-electron chi connectivity index (χ3n) is 4.01. The predicted octanol–water partition coefficient (Wildman–Crippen LogP) is 4.88. The molecule has 0 fully saturated rings. The largest absolute Gasteiger partial charge is 0.478 e. The summed E-state index contributed by atoms with van der Waals surface area (Å²) < 4.78 is 5.85. The maximum absolute atomic E-state index is 11.7. The van der Waals surface area contributed by atoms with Crippen LogP contribution >= 0.6 is 11.6 Å².